The van der Waals surface area contributed by atoms with Gasteiger partial charge in [-0.2, -0.15) is 0 Å². The van der Waals surface area contributed by atoms with E-state index in [4.69, 9.17) is 4.74 Å². The smallest absolute Gasteiger partial charge is 0.128 e. The van der Waals surface area contributed by atoms with Crippen LogP contribution in [-0.4, -0.2) is 17.9 Å². The van der Waals surface area contributed by atoms with Crippen molar-refractivity contribution in [3.63, 3.8) is 0 Å². The van der Waals surface area contributed by atoms with Crippen LogP contribution in [-0.2, 0) is 0 Å². The molecule has 0 bridgehead atoms. The summed E-state index contributed by atoms with van der Waals surface area (Å²) in [5, 5.41) is 10.2. The number of phenols is 1. The van der Waals surface area contributed by atoms with Crippen LogP contribution < -0.4 is 4.74 Å². The molecule has 2 rings (SSSR count). The fourth-order valence-electron chi connectivity index (χ4n) is 2.98. The van der Waals surface area contributed by atoms with Gasteiger partial charge in [-0.25, -0.2) is 0 Å². The molecule has 146 valence electrons. The van der Waals surface area contributed by atoms with Gasteiger partial charge in [0.15, 0.2) is 0 Å². The second kappa shape index (κ2) is 12.2. The van der Waals surface area contributed by atoms with Crippen molar-refractivity contribution in [3.8, 4) is 11.5 Å². The van der Waals surface area contributed by atoms with E-state index < -0.39 is 0 Å². The highest BCUT2D eigenvalue weighted by atomic mass is 16.5. The summed E-state index contributed by atoms with van der Waals surface area (Å²) in [6, 6.07) is 15.6. The predicted molar refractivity (Wildman–Crippen MR) is 114 cm³/mol. The molecule has 0 saturated heterocycles. The van der Waals surface area contributed by atoms with Crippen molar-refractivity contribution in [1.82, 2.24) is 0 Å². The Morgan fingerprint density at radius 3 is 2.37 bits per heavy atom. The van der Waals surface area contributed by atoms with Crippen LogP contribution in [0.15, 0.2) is 53.5 Å². The molecule has 3 heteroatoms. The molecule has 0 amide bonds. The number of aromatic hydroxyl groups is 1. The molecule has 0 saturated carbocycles. The Kier molecular flexibility index (Phi) is 9.47. The fraction of sp³-hybridized carbons (Fsp3) is 0.458. The Hall–Kier alpha value is -2.29. The lowest BCUT2D eigenvalue weighted by Gasteiger charge is -2.09. The Morgan fingerprint density at radius 1 is 0.963 bits per heavy atom. The first kappa shape index (κ1) is 21.0. The summed E-state index contributed by atoms with van der Waals surface area (Å²) in [6.45, 7) is 4.98. The zero-order valence-electron chi connectivity index (χ0n) is 16.7. The molecule has 2 aromatic carbocycles. The summed E-state index contributed by atoms with van der Waals surface area (Å²) in [6.07, 6.45) is 10.6. The van der Waals surface area contributed by atoms with Crippen LogP contribution in [0.3, 0.4) is 0 Å². The first-order valence-corrected chi connectivity index (χ1v) is 10.2. The second-order valence-electron chi connectivity index (χ2n) is 7.06. The van der Waals surface area contributed by atoms with Gasteiger partial charge in [-0.15, -0.1) is 0 Å². The van der Waals surface area contributed by atoms with Crippen LogP contribution in [0.5, 0.6) is 11.5 Å². The molecule has 0 heterocycles. The number of ether oxygens (including phenoxy) is 1. The largest absolute Gasteiger partial charge is 0.507 e. The van der Waals surface area contributed by atoms with E-state index in [1.807, 2.05) is 37.3 Å². The van der Waals surface area contributed by atoms with E-state index >= 15 is 0 Å². The lowest BCUT2D eigenvalue weighted by atomic mass is 10.1. The minimum absolute atomic E-state index is 0.0545. The third-order valence-electron chi connectivity index (χ3n) is 4.74. The maximum absolute atomic E-state index is 10.2. The average molecular weight is 368 g/mol. The number of benzene rings is 2. The standard InChI is InChI=1S/C24H33NO2/c1-3-4-5-6-7-8-12-17-27-23-16-15-22(24(26)18-23)19-25-20(2)21-13-10-9-11-14-21/h9-11,13-16,18-20,26H,3-8,12,17H2,1-2H3/t20-/m1/s1. The molecular weight excluding hydrogens is 334 g/mol. The Bertz CT molecular complexity index is 682. The lowest BCUT2D eigenvalue weighted by Crippen LogP contribution is -1.98. The Labute approximate surface area is 164 Å². The quantitative estimate of drug-likeness (QED) is 0.335. The monoisotopic (exact) mass is 367 g/mol. The van der Waals surface area contributed by atoms with E-state index in [0.29, 0.717) is 17.9 Å². The fourth-order valence-corrected chi connectivity index (χ4v) is 2.98. The normalized spacial score (nSPS) is 12.4. The van der Waals surface area contributed by atoms with Gasteiger partial charge in [0.25, 0.3) is 0 Å². The predicted octanol–water partition coefficient (Wildman–Crippen LogP) is 6.70. The topological polar surface area (TPSA) is 41.8 Å². The van der Waals surface area contributed by atoms with Crippen LogP contribution >= 0.6 is 0 Å². The van der Waals surface area contributed by atoms with Gasteiger partial charge in [-0.05, 0) is 31.0 Å². The van der Waals surface area contributed by atoms with Crippen molar-refractivity contribution in [2.75, 3.05) is 6.61 Å². The number of hydrogen-bond acceptors (Lipinski definition) is 3. The molecule has 2 aromatic rings. The van der Waals surface area contributed by atoms with Crippen molar-refractivity contribution >= 4 is 6.21 Å². The molecular formula is C24H33NO2. The van der Waals surface area contributed by atoms with Crippen LogP contribution in [0.1, 0.15) is 76.0 Å². The lowest BCUT2D eigenvalue weighted by molar-refractivity contribution is 0.302. The van der Waals surface area contributed by atoms with Gasteiger partial charge in [-0.3, -0.25) is 4.99 Å². The maximum Gasteiger partial charge on any atom is 0.128 e. The average Bonchev–Trinajstić information content (AvgIpc) is 2.69. The van der Waals surface area contributed by atoms with Crippen LogP contribution in [0, 0.1) is 0 Å². The van der Waals surface area contributed by atoms with Crippen molar-refractivity contribution < 1.29 is 9.84 Å². The van der Waals surface area contributed by atoms with Gasteiger partial charge in [0.2, 0.25) is 0 Å². The minimum Gasteiger partial charge on any atom is -0.507 e. The molecule has 0 aromatic heterocycles. The number of nitrogens with zero attached hydrogens (tertiary/aromatic N) is 1. The summed E-state index contributed by atoms with van der Waals surface area (Å²) in [5.74, 6) is 0.919. The number of rotatable bonds is 12. The highest BCUT2D eigenvalue weighted by molar-refractivity contribution is 5.83. The second-order valence-corrected chi connectivity index (χ2v) is 7.06. The van der Waals surface area contributed by atoms with E-state index in [0.717, 1.165) is 12.0 Å². The zero-order valence-corrected chi connectivity index (χ0v) is 16.7. The van der Waals surface area contributed by atoms with Crippen molar-refractivity contribution in [2.24, 2.45) is 4.99 Å². The molecule has 3 nitrogen and oxygen atoms in total. The number of hydrogen-bond donors (Lipinski definition) is 1. The van der Waals surface area contributed by atoms with E-state index in [1.54, 1.807) is 12.3 Å². The molecule has 0 spiro atoms. The van der Waals surface area contributed by atoms with Crippen LogP contribution in [0.4, 0.5) is 0 Å². The Morgan fingerprint density at radius 2 is 1.67 bits per heavy atom. The SMILES string of the molecule is CCCCCCCCCOc1ccc(C=N[C@H](C)c2ccccc2)c(O)c1. The van der Waals surface area contributed by atoms with Gasteiger partial charge >= 0.3 is 0 Å². The maximum atomic E-state index is 10.2. The van der Waals surface area contributed by atoms with Gasteiger partial charge in [-0.1, -0.05) is 75.8 Å². The summed E-state index contributed by atoms with van der Waals surface area (Å²) >= 11 is 0. The highest BCUT2D eigenvalue weighted by Gasteiger charge is 2.04. The van der Waals surface area contributed by atoms with Crippen LogP contribution in [0.25, 0.3) is 0 Å². The van der Waals surface area contributed by atoms with Crippen molar-refractivity contribution in [1.29, 1.82) is 0 Å². The first-order chi connectivity index (χ1) is 13.2. The first-order valence-electron chi connectivity index (χ1n) is 10.2. The van der Waals surface area contributed by atoms with Crippen LogP contribution in [0.2, 0.25) is 0 Å². The highest BCUT2D eigenvalue weighted by Crippen LogP contribution is 2.24. The molecule has 0 aliphatic heterocycles. The number of phenolic OH excluding ortho intramolecular Hbond substituents is 1. The number of aliphatic imine (C=N–C) groups is 1. The van der Waals surface area contributed by atoms with Crippen molar-refractivity contribution in [3.05, 3.63) is 59.7 Å². The molecule has 27 heavy (non-hydrogen) atoms. The van der Waals surface area contributed by atoms with Gasteiger partial charge in [0.1, 0.15) is 11.5 Å². The molecule has 0 aliphatic carbocycles. The van der Waals surface area contributed by atoms with E-state index in [9.17, 15) is 5.11 Å². The molecule has 0 radical (unpaired) electrons. The molecule has 1 atom stereocenters. The van der Waals surface area contributed by atoms with Crippen molar-refractivity contribution in [2.45, 2.75) is 64.8 Å². The van der Waals surface area contributed by atoms with E-state index in [1.165, 1.54) is 38.5 Å². The van der Waals surface area contributed by atoms with Gasteiger partial charge in [0, 0.05) is 17.8 Å². The third kappa shape index (κ3) is 7.86. The zero-order chi connectivity index (χ0) is 19.3. The minimum atomic E-state index is 0.0545. The molecule has 1 N–H and O–H groups in total. The number of unbranched alkanes of at least 4 members (excludes halogenated alkanes) is 6. The summed E-state index contributed by atoms with van der Waals surface area (Å²) < 4.78 is 5.76. The van der Waals surface area contributed by atoms with E-state index in [-0.39, 0.29) is 11.8 Å². The summed E-state index contributed by atoms with van der Waals surface area (Å²) in [5.41, 5.74) is 1.86. The van der Waals surface area contributed by atoms with Gasteiger partial charge < -0.3 is 9.84 Å². The van der Waals surface area contributed by atoms with Gasteiger partial charge in [0.05, 0.1) is 12.6 Å². The molecule has 0 aliphatic rings. The third-order valence-corrected chi connectivity index (χ3v) is 4.74. The molecule has 0 fully saturated rings. The summed E-state index contributed by atoms with van der Waals surface area (Å²) in [7, 11) is 0. The summed E-state index contributed by atoms with van der Waals surface area (Å²) in [4.78, 5) is 4.55. The molecule has 0 unspecified atom stereocenters. The van der Waals surface area contributed by atoms with E-state index in [2.05, 4.69) is 24.0 Å². The Balaban J connectivity index is 1.75.